The highest BCUT2D eigenvalue weighted by atomic mass is 32.1. The fraction of sp³-hybridized carbons (Fsp3) is 0.620. The van der Waals surface area contributed by atoms with Gasteiger partial charge in [0.25, 0.3) is 0 Å². The molecule has 5 amide bonds. The van der Waals surface area contributed by atoms with Gasteiger partial charge < -0.3 is 54.5 Å². The third-order valence-electron chi connectivity index (χ3n) is 17.1. The van der Waals surface area contributed by atoms with Gasteiger partial charge in [-0.05, 0) is 170 Å². The molecule has 6 rings (SSSR count). The average Bonchev–Trinajstić information content (AvgIpc) is 1.81. The van der Waals surface area contributed by atoms with Crippen LogP contribution in [0.1, 0.15) is 198 Å². The number of aliphatic imine (C=N–C) groups is 1. The predicted octanol–water partition coefficient (Wildman–Crippen LogP) is 12.3. The summed E-state index contributed by atoms with van der Waals surface area (Å²) in [5.41, 5.74) is 1.60. The number of aromatic hydroxyl groups is 1. The van der Waals surface area contributed by atoms with Crippen LogP contribution in [0.2, 0.25) is 0 Å². The number of hydrogen-bond donors (Lipinski definition) is 4. The lowest BCUT2D eigenvalue weighted by Gasteiger charge is -2.35. The molecule has 534 valence electrons. The Bertz CT molecular complexity index is 3040. The molecule has 6 atom stereocenters. The number of rotatable bonds is 17. The van der Waals surface area contributed by atoms with Gasteiger partial charge in [0.2, 0.25) is 23.8 Å². The van der Waals surface area contributed by atoms with E-state index in [0.29, 0.717) is 49.6 Å². The zero-order valence-electron chi connectivity index (χ0n) is 59.5. The maximum Gasteiger partial charge on any atom is 0.413 e. The summed E-state index contributed by atoms with van der Waals surface area (Å²) in [5.74, 6) is -0.960. The summed E-state index contributed by atoms with van der Waals surface area (Å²) >= 11 is 0. The summed E-state index contributed by atoms with van der Waals surface area (Å²) in [6.45, 7) is 29.8. The van der Waals surface area contributed by atoms with Crippen molar-refractivity contribution >= 4 is 94.4 Å². The first-order chi connectivity index (χ1) is 42.9. The highest BCUT2D eigenvalue weighted by Gasteiger charge is 2.39. The highest BCUT2D eigenvalue weighted by molar-refractivity contribution is 7.59. The number of carbonyl (C=O) groups is 8. The molecule has 3 heterocycles. The van der Waals surface area contributed by atoms with Crippen molar-refractivity contribution in [2.45, 2.75) is 226 Å². The van der Waals surface area contributed by atoms with Crippen molar-refractivity contribution in [3.8, 4) is 17.2 Å². The number of aliphatic carboxylic acids is 1. The van der Waals surface area contributed by atoms with E-state index in [-0.39, 0.29) is 92.2 Å². The first-order valence-electron chi connectivity index (χ1n) is 32.3. The number of likely N-dealkylation sites (tertiary alicyclic amines) is 3. The number of nitrogens with zero attached hydrogens (tertiary/aromatic N) is 4. The van der Waals surface area contributed by atoms with Crippen molar-refractivity contribution in [1.82, 2.24) is 25.3 Å². The van der Waals surface area contributed by atoms with Crippen LogP contribution in [-0.4, -0.2) is 149 Å². The molecule has 24 heteroatoms. The minimum atomic E-state index is -1.10. The van der Waals surface area contributed by atoms with E-state index in [1.165, 1.54) is 6.08 Å². The lowest BCUT2D eigenvalue weighted by atomic mass is 9.74. The fourth-order valence-electron chi connectivity index (χ4n) is 11.8. The molecule has 0 radical (unpaired) electrons. The normalized spacial score (nSPS) is 19.8. The van der Waals surface area contributed by atoms with Gasteiger partial charge in [0, 0.05) is 76.3 Å². The van der Waals surface area contributed by atoms with Crippen molar-refractivity contribution in [2.75, 3.05) is 40.8 Å². The summed E-state index contributed by atoms with van der Waals surface area (Å²) in [6.07, 6.45) is 9.67. The van der Waals surface area contributed by atoms with Gasteiger partial charge in [0.05, 0.1) is 0 Å². The van der Waals surface area contributed by atoms with Gasteiger partial charge in [-0.25, -0.2) is 28.8 Å². The number of carbonyl (C=O) groups excluding carboxylic acids is 8. The molecule has 0 spiro atoms. The number of carboxylic acids is 1. The maximum atomic E-state index is 12.6. The van der Waals surface area contributed by atoms with Crippen LogP contribution in [0.3, 0.4) is 0 Å². The topological polar surface area (TPSA) is 277 Å². The van der Waals surface area contributed by atoms with Crippen LogP contribution in [0.15, 0.2) is 77.8 Å². The Morgan fingerprint density at radius 3 is 1.19 bits per heavy atom. The number of phenolic OH excluding ortho intramolecular Hbond substituents is 1. The molecule has 0 aromatic heterocycles. The van der Waals surface area contributed by atoms with Gasteiger partial charge in [0.1, 0.15) is 40.5 Å². The molecule has 3 aliphatic heterocycles. The Morgan fingerprint density at radius 2 is 0.884 bits per heavy atom. The summed E-state index contributed by atoms with van der Waals surface area (Å²) in [5, 5.41) is 23.9. The lowest BCUT2D eigenvalue weighted by molar-refractivity contribution is -0.159. The van der Waals surface area contributed by atoms with Crippen molar-refractivity contribution in [2.24, 2.45) is 22.7 Å². The molecule has 95 heavy (non-hydrogen) atoms. The van der Waals surface area contributed by atoms with Gasteiger partial charge in [-0.1, -0.05) is 98.7 Å². The van der Waals surface area contributed by atoms with Crippen molar-refractivity contribution in [3.05, 3.63) is 89.5 Å². The molecule has 0 bridgehead atoms. The van der Waals surface area contributed by atoms with Crippen LogP contribution < -0.4 is 20.1 Å². The minimum Gasteiger partial charge on any atom is -0.508 e. The van der Waals surface area contributed by atoms with Crippen LogP contribution >= 0.6 is 40.5 Å². The Labute approximate surface area is 585 Å². The van der Waals surface area contributed by atoms with Gasteiger partial charge in [-0.15, -0.1) is 0 Å². The zero-order valence-corrected chi connectivity index (χ0v) is 62.5. The third-order valence-corrected chi connectivity index (χ3v) is 17.1. The SMILES string of the molecule is CC(C)[C@H](N=C=O)C(=O)OC(C)(C)C.CCC1(c2cccc(O)c2)CCCC(=O)N(C)C1.CCC1(c2cccc(OC(=O)N[C@H](C(=O)O)C(C)C)c2)CCCC(=O)N(C)C1.CCC1(c2cccc(OC(=O)N[C@H](C(=O)OC(C)(C)C)C(C)C)c2)CCCC(=O)N(C)C1.S.S.S. The number of benzene rings is 3. The van der Waals surface area contributed by atoms with Crippen molar-refractivity contribution in [1.29, 1.82) is 0 Å². The Hall–Kier alpha value is -6.75. The monoisotopic (exact) mass is 1380 g/mol. The maximum absolute atomic E-state index is 12.6. The number of isocyanates is 1. The standard InChI is InChI=1S/C25H38N2O5.C21H30N2O5.C15H21NO2.C10H17NO3.3H2S/c1-8-25(14-10-13-20(28)27(7)16-25)18-11-9-12-19(15-18)31-23(30)26-21(17(2)3)22(29)32-24(4,5)6;1-5-21(11-7-10-17(24)23(4)13-21)15-8-6-9-16(12-15)28-20(27)22-18(14(2)3)19(25)26;1-3-15(12-6-4-7-13(17)10-12)9-5-8-14(18)16(2)11-15;1-7(2)8(11-6-12)9(13)14-10(3,4)5;;;/h9,11-12,15,17,21H,8,10,13-14,16H2,1-7H3,(H,26,30);6,8-9,12,14,18H,5,7,10-11,13H2,1-4H3,(H,22,27)(H,25,26);4,6-7,10,17H,3,5,8-9,11H2,1-2H3;7-8H,1-5H3;3*1H2/t21-,25?;18-,21?;;8-;;;/m00.0.../s1. The first-order valence-corrected chi connectivity index (χ1v) is 32.3. The number of esters is 2. The summed E-state index contributed by atoms with van der Waals surface area (Å²) < 4.78 is 21.4. The van der Waals surface area contributed by atoms with Gasteiger partial charge in [0.15, 0.2) is 6.04 Å². The van der Waals surface area contributed by atoms with E-state index in [9.17, 15) is 53.4 Å². The zero-order chi connectivity index (χ0) is 69.5. The smallest absolute Gasteiger partial charge is 0.413 e. The van der Waals surface area contributed by atoms with E-state index in [2.05, 4.69) is 42.5 Å². The number of nitrogens with one attached hydrogen (secondary N) is 2. The molecule has 3 unspecified atom stereocenters. The highest BCUT2D eigenvalue weighted by Crippen LogP contribution is 2.41. The molecule has 3 saturated heterocycles. The van der Waals surface area contributed by atoms with Crippen LogP contribution in [0.5, 0.6) is 17.2 Å². The van der Waals surface area contributed by atoms with E-state index in [0.717, 1.165) is 81.0 Å². The number of hydrogen-bond acceptors (Lipinski definition) is 15. The summed E-state index contributed by atoms with van der Waals surface area (Å²) in [4.78, 5) is 115. The Kier molecular flexibility index (Phi) is 37.2. The Balaban J connectivity index is 0.00000128. The second kappa shape index (κ2) is 40.1. The quantitative estimate of drug-likeness (QED) is 0.0555. The fourth-order valence-corrected chi connectivity index (χ4v) is 11.8. The lowest BCUT2D eigenvalue weighted by Crippen LogP contribution is -2.48. The van der Waals surface area contributed by atoms with Crippen LogP contribution in [0.25, 0.3) is 0 Å². The summed E-state index contributed by atoms with van der Waals surface area (Å²) in [6, 6.07) is 19.7. The van der Waals surface area contributed by atoms with E-state index in [4.69, 9.17) is 18.9 Å². The minimum absolute atomic E-state index is 0. The molecule has 3 fully saturated rings. The molecular weight excluding hydrogens is 1270 g/mol. The van der Waals surface area contributed by atoms with E-state index < -0.39 is 59.4 Å². The second-order valence-corrected chi connectivity index (χ2v) is 27.6. The first kappa shape index (κ1) is 88.2. The van der Waals surface area contributed by atoms with Gasteiger partial charge in [-0.3, -0.25) is 14.4 Å². The van der Waals surface area contributed by atoms with Crippen LogP contribution in [-0.2, 0) is 59.3 Å². The number of amides is 5. The second-order valence-electron chi connectivity index (χ2n) is 27.6. The molecule has 4 N–H and O–H groups in total. The van der Waals surface area contributed by atoms with Crippen LogP contribution in [0, 0.1) is 17.8 Å². The average molecular weight is 1390 g/mol. The largest absolute Gasteiger partial charge is 0.508 e. The molecular formula is C71H112N6O15S3. The van der Waals surface area contributed by atoms with E-state index in [1.807, 2.05) is 88.4 Å². The predicted molar refractivity (Wildman–Crippen MR) is 384 cm³/mol. The molecule has 3 aromatic carbocycles. The number of phenols is 1. The molecule has 0 saturated carbocycles. The number of likely N-dealkylation sites (N-methyl/N-ethyl adjacent to an activating group) is 3. The molecule has 0 aliphatic carbocycles. The van der Waals surface area contributed by atoms with E-state index in [1.54, 1.807) is 97.2 Å². The summed E-state index contributed by atoms with van der Waals surface area (Å²) in [7, 11) is 5.54. The van der Waals surface area contributed by atoms with Gasteiger partial charge >= 0.3 is 30.1 Å². The molecule has 21 nitrogen and oxygen atoms in total. The van der Waals surface area contributed by atoms with E-state index >= 15 is 0 Å². The number of carboxylic acid groups (broad SMARTS) is 1. The van der Waals surface area contributed by atoms with Crippen LogP contribution in [0.4, 0.5) is 9.59 Å². The van der Waals surface area contributed by atoms with Crippen molar-refractivity contribution < 1.29 is 72.3 Å². The van der Waals surface area contributed by atoms with Crippen molar-refractivity contribution in [3.63, 3.8) is 0 Å². The Morgan fingerprint density at radius 1 is 0.547 bits per heavy atom. The number of ether oxygens (including phenoxy) is 4. The van der Waals surface area contributed by atoms with Gasteiger partial charge in [-0.2, -0.15) is 45.5 Å². The third kappa shape index (κ3) is 27.7. The molecule has 3 aromatic rings. The molecule has 3 aliphatic rings.